The fourth-order valence-electron chi connectivity index (χ4n) is 8.03. The van der Waals surface area contributed by atoms with Gasteiger partial charge in [0.2, 0.25) is 0 Å². The van der Waals surface area contributed by atoms with Crippen LogP contribution in [0.5, 0.6) is 0 Å². The van der Waals surface area contributed by atoms with Crippen LogP contribution in [0.2, 0.25) is 0 Å². The van der Waals surface area contributed by atoms with E-state index in [1.165, 1.54) is 167 Å². The second-order valence-corrected chi connectivity index (χ2v) is 18.8. The minimum Gasteiger partial charge on any atom is -0.462 e. The number of rotatable bonds is 51. The Balaban J connectivity index is 4.13. The van der Waals surface area contributed by atoms with Gasteiger partial charge < -0.3 is 14.2 Å². The number of carbonyl (C=O) groups is 3. The SMILES string of the molecule is CCCCCCC/C=C\C/C=C\C/C=C\CCCCCCCCC(=O)OCC(COC(=O)CCCCCCC)OC(=O)CCCCCCCCCCC/C=C\CCCCCCCCCC. The van der Waals surface area contributed by atoms with Crippen molar-refractivity contribution >= 4 is 17.9 Å². The predicted molar refractivity (Wildman–Crippen MR) is 279 cm³/mol. The molecule has 0 aromatic heterocycles. The molecule has 0 saturated heterocycles. The molecule has 6 heteroatoms. The number of unbranched alkanes of at least 4 members (excludes halogenated alkanes) is 32. The van der Waals surface area contributed by atoms with Gasteiger partial charge in [0.05, 0.1) is 0 Å². The van der Waals surface area contributed by atoms with E-state index in [2.05, 4.69) is 69.4 Å². The molecule has 0 fully saturated rings. The Morgan fingerprint density at radius 2 is 0.554 bits per heavy atom. The molecule has 0 aliphatic heterocycles. The first-order chi connectivity index (χ1) is 32.0. The van der Waals surface area contributed by atoms with E-state index in [1.807, 2.05) is 0 Å². The maximum absolute atomic E-state index is 12.8. The fourth-order valence-corrected chi connectivity index (χ4v) is 8.03. The molecule has 1 atom stereocenters. The largest absolute Gasteiger partial charge is 0.462 e. The van der Waals surface area contributed by atoms with Crippen molar-refractivity contribution in [2.45, 2.75) is 297 Å². The minimum atomic E-state index is -0.775. The number of carbonyl (C=O) groups excluding carboxylic acids is 3. The van der Waals surface area contributed by atoms with Crippen LogP contribution >= 0.6 is 0 Å². The van der Waals surface area contributed by atoms with Gasteiger partial charge in [0.15, 0.2) is 6.10 Å². The average Bonchev–Trinajstić information content (AvgIpc) is 3.30. The summed E-state index contributed by atoms with van der Waals surface area (Å²) in [6.45, 7) is 6.55. The zero-order valence-corrected chi connectivity index (χ0v) is 43.3. The highest BCUT2D eigenvalue weighted by molar-refractivity contribution is 5.71. The number of esters is 3. The van der Waals surface area contributed by atoms with Crippen molar-refractivity contribution in [3.63, 3.8) is 0 Å². The van der Waals surface area contributed by atoms with Crippen molar-refractivity contribution in [3.8, 4) is 0 Å². The average molecular weight is 911 g/mol. The molecule has 0 aromatic carbocycles. The van der Waals surface area contributed by atoms with E-state index in [1.54, 1.807) is 0 Å². The molecular formula is C59H106O6. The lowest BCUT2D eigenvalue weighted by molar-refractivity contribution is -0.167. The Bertz CT molecular complexity index is 1140. The van der Waals surface area contributed by atoms with E-state index in [-0.39, 0.29) is 31.1 Å². The van der Waals surface area contributed by atoms with E-state index in [0.29, 0.717) is 19.3 Å². The van der Waals surface area contributed by atoms with E-state index >= 15 is 0 Å². The highest BCUT2D eigenvalue weighted by atomic mass is 16.6. The Labute approximate surface area is 403 Å². The van der Waals surface area contributed by atoms with Crippen molar-refractivity contribution in [1.29, 1.82) is 0 Å². The molecule has 0 amide bonds. The van der Waals surface area contributed by atoms with Gasteiger partial charge in [-0.2, -0.15) is 0 Å². The van der Waals surface area contributed by atoms with Gasteiger partial charge in [0.1, 0.15) is 13.2 Å². The maximum Gasteiger partial charge on any atom is 0.306 e. The summed E-state index contributed by atoms with van der Waals surface area (Å²) in [6.07, 6.45) is 65.7. The van der Waals surface area contributed by atoms with Crippen LogP contribution in [0.25, 0.3) is 0 Å². The van der Waals surface area contributed by atoms with E-state index in [4.69, 9.17) is 14.2 Å². The zero-order valence-electron chi connectivity index (χ0n) is 43.3. The summed E-state index contributed by atoms with van der Waals surface area (Å²) in [5, 5.41) is 0. The second kappa shape index (κ2) is 54.0. The van der Waals surface area contributed by atoms with Gasteiger partial charge in [-0.05, 0) is 83.5 Å². The third kappa shape index (κ3) is 52.2. The van der Waals surface area contributed by atoms with Crippen molar-refractivity contribution in [2.24, 2.45) is 0 Å². The number of hydrogen-bond acceptors (Lipinski definition) is 6. The highest BCUT2D eigenvalue weighted by Gasteiger charge is 2.19. The summed E-state index contributed by atoms with van der Waals surface area (Å²) in [5.41, 5.74) is 0. The van der Waals surface area contributed by atoms with Crippen LogP contribution in [0.15, 0.2) is 48.6 Å². The summed E-state index contributed by atoms with van der Waals surface area (Å²) in [6, 6.07) is 0. The monoisotopic (exact) mass is 911 g/mol. The summed E-state index contributed by atoms with van der Waals surface area (Å²) in [5.74, 6) is -0.897. The predicted octanol–water partition coefficient (Wildman–Crippen LogP) is 18.7. The Morgan fingerprint density at radius 3 is 0.877 bits per heavy atom. The molecule has 0 saturated carbocycles. The van der Waals surface area contributed by atoms with E-state index in [0.717, 1.165) is 83.5 Å². The zero-order chi connectivity index (χ0) is 47.2. The fraction of sp³-hybridized carbons (Fsp3) is 0.814. The lowest BCUT2D eigenvalue weighted by Crippen LogP contribution is -2.30. The molecule has 0 radical (unpaired) electrons. The number of ether oxygens (including phenoxy) is 3. The maximum atomic E-state index is 12.8. The standard InChI is InChI=1S/C59H106O6/c1-4-7-10-13-15-17-19-21-23-25-27-29-31-33-35-37-39-41-43-46-49-52-58(61)64-55-56(54-63-57(60)51-48-45-12-9-6-3)65-59(62)53-50-47-44-42-40-38-36-34-32-30-28-26-24-22-20-18-16-14-11-8-5-2/h19,21,25-28,31,33,56H,4-18,20,22-24,29-30,32,34-55H2,1-3H3/b21-19-,27-25-,28-26-,33-31-. The molecule has 0 rings (SSSR count). The van der Waals surface area contributed by atoms with Crippen molar-refractivity contribution in [2.75, 3.05) is 13.2 Å². The van der Waals surface area contributed by atoms with Gasteiger partial charge in [-0.3, -0.25) is 14.4 Å². The Kier molecular flexibility index (Phi) is 51.8. The van der Waals surface area contributed by atoms with Gasteiger partial charge in [-0.1, -0.05) is 236 Å². The summed E-state index contributed by atoms with van der Waals surface area (Å²) in [7, 11) is 0. The van der Waals surface area contributed by atoms with Crippen molar-refractivity contribution in [1.82, 2.24) is 0 Å². The van der Waals surface area contributed by atoms with Crippen LogP contribution in [-0.2, 0) is 28.6 Å². The topological polar surface area (TPSA) is 78.9 Å². The molecule has 0 bridgehead atoms. The summed E-state index contributed by atoms with van der Waals surface area (Å²) >= 11 is 0. The van der Waals surface area contributed by atoms with E-state index < -0.39 is 6.10 Å². The van der Waals surface area contributed by atoms with Crippen LogP contribution in [0.1, 0.15) is 290 Å². The Morgan fingerprint density at radius 1 is 0.308 bits per heavy atom. The molecule has 0 heterocycles. The first-order valence-corrected chi connectivity index (χ1v) is 28.1. The molecule has 0 aliphatic rings. The summed E-state index contributed by atoms with van der Waals surface area (Å²) in [4.78, 5) is 37.8. The van der Waals surface area contributed by atoms with Gasteiger partial charge in [0.25, 0.3) is 0 Å². The van der Waals surface area contributed by atoms with Gasteiger partial charge in [-0.15, -0.1) is 0 Å². The normalized spacial score (nSPS) is 12.4. The van der Waals surface area contributed by atoms with Crippen LogP contribution in [0.4, 0.5) is 0 Å². The molecule has 1 unspecified atom stereocenters. The third-order valence-electron chi connectivity index (χ3n) is 12.3. The quantitative estimate of drug-likeness (QED) is 0.0262. The lowest BCUT2D eigenvalue weighted by atomic mass is 10.1. The van der Waals surface area contributed by atoms with Crippen LogP contribution in [-0.4, -0.2) is 37.2 Å². The van der Waals surface area contributed by atoms with E-state index in [9.17, 15) is 14.4 Å². The lowest BCUT2D eigenvalue weighted by Gasteiger charge is -2.18. The van der Waals surface area contributed by atoms with Crippen molar-refractivity contribution in [3.05, 3.63) is 48.6 Å². The van der Waals surface area contributed by atoms with Crippen LogP contribution in [0, 0.1) is 0 Å². The Hall–Kier alpha value is -2.63. The highest BCUT2D eigenvalue weighted by Crippen LogP contribution is 2.15. The number of allylic oxidation sites excluding steroid dienone is 8. The van der Waals surface area contributed by atoms with Crippen LogP contribution < -0.4 is 0 Å². The number of hydrogen-bond donors (Lipinski definition) is 0. The van der Waals surface area contributed by atoms with Gasteiger partial charge >= 0.3 is 17.9 Å². The summed E-state index contributed by atoms with van der Waals surface area (Å²) < 4.78 is 16.7. The smallest absolute Gasteiger partial charge is 0.306 e. The molecule has 0 N–H and O–H groups in total. The second-order valence-electron chi connectivity index (χ2n) is 18.8. The third-order valence-corrected chi connectivity index (χ3v) is 12.3. The molecule has 0 aromatic rings. The molecule has 0 aliphatic carbocycles. The molecule has 378 valence electrons. The van der Waals surface area contributed by atoms with Crippen molar-refractivity contribution < 1.29 is 28.6 Å². The molecule has 6 nitrogen and oxygen atoms in total. The first kappa shape index (κ1) is 62.4. The van der Waals surface area contributed by atoms with Crippen LogP contribution in [0.3, 0.4) is 0 Å². The van der Waals surface area contributed by atoms with Gasteiger partial charge in [-0.25, -0.2) is 0 Å². The minimum absolute atomic E-state index is 0.0781. The first-order valence-electron chi connectivity index (χ1n) is 28.1. The molecule has 65 heavy (non-hydrogen) atoms. The molecular weight excluding hydrogens is 805 g/mol. The van der Waals surface area contributed by atoms with Gasteiger partial charge in [0, 0.05) is 19.3 Å². The molecule has 0 spiro atoms.